The number of amides is 1. The molecule has 0 aliphatic rings. The van der Waals surface area contributed by atoms with Gasteiger partial charge in [0.1, 0.15) is 11.4 Å². The van der Waals surface area contributed by atoms with E-state index in [-0.39, 0.29) is 5.91 Å². The predicted octanol–water partition coefficient (Wildman–Crippen LogP) is 3.03. The van der Waals surface area contributed by atoms with Crippen LogP contribution in [0.25, 0.3) is 10.2 Å². The molecule has 0 bridgehead atoms. The first-order valence-electron chi connectivity index (χ1n) is 8.97. The fraction of sp³-hybridized carbons (Fsp3) is 0.421. The smallest absolute Gasteiger partial charge is 0.278 e. The topological polar surface area (TPSA) is 63.5 Å². The number of nitrogens with zero attached hydrogens (tertiary/aromatic N) is 5. The summed E-state index contributed by atoms with van der Waals surface area (Å²) in [5.41, 5.74) is 1.42. The number of carbonyl (C=O) groups excluding carboxylic acids is 1. The van der Waals surface area contributed by atoms with Gasteiger partial charge in [0.05, 0.1) is 16.8 Å². The van der Waals surface area contributed by atoms with E-state index >= 15 is 0 Å². The molecule has 0 fully saturated rings. The van der Waals surface area contributed by atoms with Crippen LogP contribution in [-0.2, 0) is 7.05 Å². The van der Waals surface area contributed by atoms with Crippen molar-refractivity contribution in [2.24, 2.45) is 7.05 Å². The molecular formula is C19H25N5O2S. The van der Waals surface area contributed by atoms with Gasteiger partial charge in [0, 0.05) is 19.8 Å². The van der Waals surface area contributed by atoms with Crippen molar-refractivity contribution in [1.82, 2.24) is 19.7 Å². The van der Waals surface area contributed by atoms with Gasteiger partial charge in [-0.1, -0.05) is 11.3 Å². The first-order valence-corrected chi connectivity index (χ1v) is 9.79. The summed E-state index contributed by atoms with van der Waals surface area (Å²) < 4.78 is 8.18. The van der Waals surface area contributed by atoms with E-state index in [1.807, 2.05) is 39.2 Å². The third kappa shape index (κ3) is 4.45. The number of anilines is 1. The molecular weight excluding hydrogens is 362 g/mol. The first kappa shape index (κ1) is 19.3. The highest BCUT2D eigenvalue weighted by molar-refractivity contribution is 7.22. The largest absolute Gasteiger partial charge is 0.494 e. The Hall–Kier alpha value is -2.45. The molecule has 3 rings (SSSR count). The van der Waals surface area contributed by atoms with Crippen LogP contribution in [0.2, 0.25) is 0 Å². The molecule has 3 aromatic rings. The van der Waals surface area contributed by atoms with Crippen molar-refractivity contribution >= 4 is 32.6 Å². The molecule has 0 aliphatic heterocycles. The summed E-state index contributed by atoms with van der Waals surface area (Å²) >= 11 is 1.51. The number of hydrogen-bond donors (Lipinski definition) is 0. The van der Waals surface area contributed by atoms with Crippen LogP contribution in [0, 0.1) is 0 Å². The molecule has 144 valence electrons. The number of aromatic nitrogens is 3. The summed E-state index contributed by atoms with van der Waals surface area (Å²) in [7, 11) is 5.83. The maximum Gasteiger partial charge on any atom is 0.278 e. The maximum absolute atomic E-state index is 13.1. The van der Waals surface area contributed by atoms with E-state index in [0.717, 1.165) is 28.9 Å². The molecule has 27 heavy (non-hydrogen) atoms. The average molecular weight is 388 g/mol. The summed E-state index contributed by atoms with van der Waals surface area (Å²) in [5, 5.41) is 4.82. The van der Waals surface area contributed by atoms with E-state index in [0.29, 0.717) is 24.0 Å². The lowest BCUT2D eigenvalue weighted by Gasteiger charge is -2.20. The van der Waals surface area contributed by atoms with Crippen molar-refractivity contribution in [3.63, 3.8) is 0 Å². The Kier molecular flexibility index (Phi) is 6.08. The van der Waals surface area contributed by atoms with Crippen LogP contribution >= 0.6 is 11.3 Å². The van der Waals surface area contributed by atoms with Gasteiger partial charge >= 0.3 is 0 Å². The number of aryl methyl sites for hydroxylation is 1. The Bertz CT molecular complexity index is 918. The minimum absolute atomic E-state index is 0.0853. The zero-order valence-corrected chi connectivity index (χ0v) is 17.0. The summed E-state index contributed by atoms with van der Waals surface area (Å²) in [5.74, 6) is 0.732. The van der Waals surface area contributed by atoms with Crippen molar-refractivity contribution in [1.29, 1.82) is 0 Å². The molecule has 8 heteroatoms. The molecule has 0 unspecified atom stereocenters. The number of hydrogen-bond acceptors (Lipinski definition) is 6. The second-order valence-electron chi connectivity index (χ2n) is 6.51. The monoisotopic (exact) mass is 387 g/mol. The molecule has 1 aromatic carbocycles. The predicted molar refractivity (Wildman–Crippen MR) is 109 cm³/mol. The third-order valence-electron chi connectivity index (χ3n) is 4.16. The average Bonchev–Trinajstić information content (AvgIpc) is 3.23. The number of rotatable bonds is 8. The SMILES string of the molecule is CCOc1ccc2nc(N(CCCN(C)C)C(=O)c3ccnn3C)sc2c1. The van der Waals surface area contributed by atoms with Crippen LogP contribution < -0.4 is 9.64 Å². The van der Waals surface area contributed by atoms with Crippen LogP contribution in [0.1, 0.15) is 23.8 Å². The van der Waals surface area contributed by atoms with Gasteiger partial charge in [-0.2, -0.15) is 5.10 Å². The second-order valence-corrected chi connectivity index (χ2v) is 7.52. The van der Waals surface area contributed by atoms with Gasteiger partial charge in [-0.3, -0.25) is 14.4 Å². The Labute approximate surface area is 163 Å². The van der Waals surface area contributed by atoms with E-state index in [9.17, 15) is 4.79 Å². The Morgan fingerprint density at radius 1 is 1.26 bits per heavy atom. The normalized spacial score (nSPS) is 11.3. The zero-order chi connectivity index (χ0) is 19.4. The summed E-state index contributed by atoms with van der Waals surface area (Å²) in [6.07, 6.45) is 2.49. The Balaban J connectivity index is 1.92. The van der Waals surface area contributed by atoms with Crippen molar-refractivity contribution in [2.75, 3.05) is 38.7 Å². The van der Waals surface area contributed by atoms with Gasteiger partial charge in [-0.15, -0.1) is 0 Å². The fourth-order valence-corrected chi connectivity index (χ4v) is 3.83. The molecule has 2 heterocycles. The molecule has 2 aromatic heterocycles. The minimum Gasteiger partial charge on any atom is -0.494 e. The third-order valence-corrected chi connectivity index (χ3v) is 5.20. The highest BCUT2D eigenvalue weighted by Gasteiger charge is 2.23. The van der Waals surface area contributed by atoms with E-state index in [4.69, 9.17) is 9.72 Å². The standard InChI is InChI=1S/C19H25N5O2S/c1-5-26-14-7-8-15-17(13-14)27-19(21-15)24(12-6-11-22(2)3)18(25)16-9-10-20-23(16)4/h7-10,13H,5-6,11-12H2,1-4H3. The number of ether oxygens (including phenoxy) is 1. The molecule has 0 atom stereocenters. The van der Waals surface area contributed by atoms with Crippen LogP contribution in [0.4, 0.5) is 5.13 Å². The highest BCUT2D eigenvalue weighted by atomic mass is 32.1. The van der Waals surface area contributed by atoms with Crippen molar-refractivity contribution in [2.45, 2.75) is 13.3 Å². The van der Waals surface area contributed by atoms with Gasteiger partial charge < -0.3 is 9.64 Å². The lowest BCUT2D eigenvalue weighted by Crippen LogP contribution is -2.34. The molecule has 0 saturated carbocycles. The highest BCUT2D eigenvalue weighted by Crippen LogP contribution is 2.32. The van der Waals surface area contributed by atoms with Crippen molar-refractivity contribution in [3.8, 4) is 5.75 Å². The van der Waals surface area contributed by atoms with E-state index in [1.54, 1.807) is 28.9 Å². The maximum atomic E-state index is 13.1. The molecule has 0 aliphatic carbocycles. The summed E-state index contributed by atoms with van der Waals surface area (Å²) in [6.45, 7) is 4.07. The quantitative estimate of drug-likeness (QED) is 0.594. The Morgan fingerprint density at radius 2 is 2.07 bits per heavy atom. The number of thiazole rings is 1. The Morgan fingerprint density at radius 3 is 2.74 bits per heavy atom. The molecule has 0 radical (unpaired) electrons. The van der Waals surface area contributed by atoms with E-state index in [2.05, 4.69) is 10.00 Å². The fourth-order valence-electron chi connectivity index (χ4n) is 2.82. The number of carbonyl (C=O) groups is 1. The lowest BCUT2D eigenvalue weighted by atomic mass is 10.3. The number of fused-ring (bicyclic) bond motifs is 1. The minimum atomic E-state index is -0.0853. The van der Waals surface area contributed by atoms with E-state index in [1.165, 1.54) is 11.3 Å². The first-order chi connectivity index (χ1) is 13.0. The van der Waals surface area contributed by atoms with Gasteiger partial charge in [-0.05, 0) is 58.3 Å². The van der Waals surface area contributed by atoms with Crippen molar-refractivity contribution < 1.29 is 9.53 Å². The van der Waals surface area contributed by atoms with Gasteiger partial charge in [0.25, 0.3) is 5.91 Å². The van der Waals surface area contributed by atoms with Crippen molar-refractivity contribution in [3.05, 3.63) is 36.2 Å². The van der Waals surface area contributed by atoms with Gasteiger partial charge in [0.2, 0.25) is 0 Å². The van der Waals surface area contributed by atoms with Crippen LogP contribution in [0.3, 0.4) is 0 Å². The lowest BCUT2D eigenvalue weighted by molar-refractivity contribution is 0.0977. The summed E-state index contributed by atoms with van der Waals surface area (Å²) in [4.78, 5) is 21.7. The molecule has 0 spiro atoms. The molecule has 0 N–H and O–H groups in total. The molecule has 1 amide bonds. The molecule has 7 nitrogen and oxygen atoms in total. The van der Waals surface area contributed by atoms with E-state index < -0.39 is 0 Å². The molecule has 0 saturated heterocycles. The number of benzene rings is 1. The zero-order valence-electron chi connectivity index (χ0n) is 16.2. The van der Waals surface area contributed by atoms with Gasteiger partial charge in [-0.25, -0.2) is 4.98 Å². The van der Waals surface area contributed by atoms with Gasteiger partial charge in [0.15, 0.2) is 5.13 Å². The van der Waals surface area contributed by atoms with Crippen LogP contribution in [-0.4, -0.2) is 59.4 Å². The van der Waals surface area contributed by atoms with Crippen LogP contribution in [0.5, 0.6) is 5.75 Å². The second kappa shape index (κ2) is 8.49. The summed E-state index contributed by atoms with van der Waals surface area (Å²) in [6, 6.07) is 7.57. The van der Waals surface area contributed by atoms with Crippen LogP contribution in [0.15, 0.2) is 30.5 Å².